The molecule has 0 bridgehead atoms. The minimum atomic E-state index is -0.619. The van der Waals surface area contributed by atoms with E-state index >= 15 is 0 Å². The van der Waals surface area contributed by atoms with Gasteiger partial charge in [0, 0.05) is 24.2 Å². The van der Waals surface area contributed by atoms with Crippen molar-refractivity contribution in [3.8, 4) is 5.75 Å². The Morgan fingerprint density at radius 1 is 1.19 bits per heavy atom. The molecule has 0 radical (unpaired) electrons. The lowest BCUT2D eigenvalue weighted by Crippen LogP contribution is -2.33. The first-order valence-electron chi connectivity index (χ1n) is 5.48. The third kappa shape index (κ3) is 4.14. The predicted molar refractivity (Wildman–Crippen MR) is 59.6 cm³/mol. The van der Waals surface area contributed by atoms with Gasteiger partial charge in [0.1, 0.15) is 24.0 Å². The lowest BCUT2D eigenvalue weighted by Gasteiger charge is -2.16. The first-order valence-corrected chi connectivity index (χ1v) is 5.48. The van der Waals surface area contributed by atoms with E-state index in [9.17, 15) is 8.78 Å². The molecule has 1 atom stereocenters. The molecule has 90 valence electrons. The summed E-state index contributed by atoms with van der Waals surface area (Å²) in [4.78, 5) is 0. The molecule has 0 aromatic heterocycles. The fourth-order valence-corrected chi connectivity index (χ4v) is 1.42. The number of hydrogen-bond acceptors (Lipinski definition) is 2. The van der Waals surface area contributed by atoms with Crippen LogP contribution in [0.4, 0.5) is 8.78 Å². The average Bonchev–Trinajstić information content (AvgIpc) is 2.23. The summed E-state index contributed by atoms with van der Waals surface area (Å²) in [5.41, 5.74) is 0. The number of nitrogens with one attached hydrogen (secondary N) is 1. The summed E-state index contributed by atoms with van der Waals surface area (Å²) in [7, 11) is 0. The van der Waals surface area contributed by atoms with E-state index in [2.05, 4.69) is 5.32 Å². The van der Waals surface area contributed by atoms with Gasteiger partial charge in [0.15, 0.2) is 0 Å². The summed E-state index contributed by atoms with van der Waals surface area (Å²) in [6.07, 6.45) is 0.908. The van der Waals surface area contributed by atoms with Crippen molar-refractivity contribution < 1.29 is 13.5 Å². The molecule has 0 spiro atoms. The number of likely N-dealkylation sites (N-methyl/N-ethyl adjacent to an activating group) is 1. The predicted octanol–water partition coefficient (Wildman–Crippen LogP) is 2.73. The van der Waals surface area contributed by atoms with Gasteiger partial charge in [-0.1, -0.05) is 13.8 Å². The van der Waals surface area contributed by atoms with Crippen molar-refractivity contribution in [1.82, 2.24) is 5.32 Å². The smallest absolute Gasteiger partial charge is 0.129 e. The van der Waals surface area contributed by atoms with Crippen molar-refractivity contribution in [3.63, 3.8) is 0 Å². The first kappa shape index (κ1) is 12.9. The Bertz CT molecular complexity index is 311. The number of halogens is 2. The second-order valence-corrected chi connectivity index (χ2v) is 3.58. The molecule has 1 rings (SSSR count). The van der Waals surface area contributed by atoms with Crippen molar-refractivity contribution in [2.45, 2.75) is 26.3 Å². The Hall–Kier alpha value is -1.16. The van der Waals surface area contributed by atoms with Crippen LogP contribution in [-0.4, -0.2) is 19.2 Å². The minimum absolute atomic E-state index is 0.205. The van der Waals surface area contributed by atoms with Crippen LogP contribution in [0.5, 0.6) is 5.75 Å². The number of ether oxygens (including phenoxy) is 1. The molecular formula is C12H17F2NO. The molecule has 0 aliphatic carbocycles. The molecule has 0 heterocycles. The summed E-state index contributed by atoms with van der Waals surface area (Å²) in [5, 5.41) is 3.22. The summed E-state index contributed by atoms with van der Waals surface area (Å²) >= 11 is 0. The van der Waals surface area contributed by atoms with Gasteiger partial charge in [0.2, 0.25) is 0 Å². The largest absolute Gasteiger partial charge is 0.492 e. The summed E-state index contributed by atoms with van der Waals surface area (Å²) in [5.74, 6) is -1.01. The number of rotatable bonds is 6. The highest BCUT2D eigenvalue weighted by Gasteiger charge is 2.06. The van der Waals surface area contributed by atoms with Crippen molar-refractivity contribution >= 4 is 0 Å². The van der Waals surface area contributed by atoms with Crippen LogP contribution in [0.1, 0.15) is 20.3 Å². The van der Waals surface area contributed by atoms with E-state index in [1.54, 1.807) is 0 Å². The number of hydrogen-bond donors (Lipinski definition) is 1. The van der Waals surface area contributed by atoms with Crippen LogP contribution in [0.15, 0.2) is 18.2 Å². The summed E-state index contributed by atoms with van der Waals surface area (Å²) in [6.45, 7) is 5.29. The van der Waals surface area contributed by atoms with Crippen molar-refractivity contribution in [1.29, 1.82) is 0 Å². The molecule has 0 aliphatic rings. The van der Waals surface area contributed by atoms with E-state index < -0.39 is 11.6 Å². The second kappa shape index (κ2) is 6.43. The van der Waals surface area contributed by atoms with Crippen LogP contribution >= 0.6 is 0 Å². The Labute approximate surface area is 94.6 Å². The van der Waals surface area contributed by atoms with Gasteiger partial charge in [-0.15, -0.1) is 0 Å². The summed E-state index contributed by atoms with van der Waals surface area (Å²) < 4.78 is 31.0. The van der Waals surface area contributed by atoms with Crippen LogP contribution in [0, 0.1) is 11.6 Å². The molecular weight excluding hydrogens is 212 g/mol. The number of benzene rings is 1. The van der Waals surface area contributed by atoms with Crippen LogP contribution in [0.3, 0.4) is 0 Å². The minimum Gasteiger partial charge on any atom is -0.492 e. The van der Waals surface area contributed by atoms with Gasteiger partial charge in [-0.05, 0) is 13.0 Å². The van der Waals surface area contributed by atoms with Crippen LogP contribution in [0.25, 0.3) is 0 Å². The Balaban J connectivity index is 2.52. The maximum atomic E-state index is 12.8. The highest BCUT2D eigenvalue weighted by atomic mass is 19.1. The van der Waals surface area contributed by atoms with Gasteiger partial charge in [-0.2, -0.15) is 0 Å². The van der Waals surface area contributed by atoms with E-state index in [-0.39, 0.29) is 11.8 Å². The van der Waals surface area contributed by atoms with E-state index in [0.29, 0.717) is 6.61 Å². The zero-order valence-electron chi connectivity index (χ0n) is 9.59. The molecule has 4 heteroatoms. The molecule has 0 saturated carbocycles. The highest BCUT2D eigenvalue weighted by molar-refractivity contribution is 5.23. The van der Waals surface area contributed by atoms with Gasteiger partial charge in [-0.25, -0.2) is 8.78 Å². The molecule has 1 unspecified atom stereocenters. The van der Waals surface area contributed by atoms with Crippen LogP contribution in [0.2, 0.25) is 0 Å². The second-order valence-electron chi connectivity index (χ2n) is 3.58. The van der Waals surface area contributed by atoms with Gasteiger partial charge >= 0.3 is 0 Å². The third-order valence-corrected chi connectivity index (χ3v) is 2.27. The van der Waals surface area contributed by atoms with E-state index in [4.69, 9.17) is 4.74 Å². The fourth-order valence-electron chi connectivity index (χ4n) is 1.42. The topological polar surface area (TPSA) is 21.3 Å². The lowest BCUT2D eigenvalue weighted by molar-refractivity contribution is 0.260. The van der Waals surface area contributed by atoms with Gasteiger partial charge < -0.3 is 10.1 Å². The Morgan fingerprint density at radius 2 is 1.81 bits per heavy atom. The lowest BCUT2D eigenvalue weighted by atomic mass is 10.2. The standard InChI is InChI=1S/C12H17F2NO/c1-3-11(15-4-2)8-16-12-6-9(13)5-10(14)7-12/h5-7,11,15H,3-4,8H2,1-2H3. The van der Waals surface area contributed by atoms with E-state index in [1.807, 2.05) is 13.8 Å². The van der Waals surface area contributed by atoms with Crippen LogP contribution in [-0.2, 0) is 0 Å². The molecule has 1 aromatic rings. The normalized spacial score (nSPS) is 12.5. The molecule has 2 nitrogen and oxygen atoms in total. The van der Waals surface area contributed by atoms with Crippen molar-refractivity contribution in [2.24, 2.45) is 0 Å². The average molecular weight is 229 g/mol. The quantitative estimate of drug-likeness (QED) is 0.809. The third-order valence-electron chi connectivity index (χ3n) is 2.27. The monoisotopic (exact) mass is 229 g/mol. The Kier molecular flexibility index (Phi) is 5.19. The molecule has 1 N–H and O–H groups in total. The molecule has 1 aromatic carbocycles. The fraction of sp³-hybridized carbons (Fsp3) is 0.500. The SMILES string of the molecule is CCNC(CC)COc1cc(F)cc(F)c1. The van der Waals surface area contributed by atoms with E-state index in [0.717, 1.165) is 19.0 Å². The van der Waals surface area contributed by atoms with Gasteiger partial charge in [0.25, 0.3) is 0 Å². The zero-order chi connectivity index (χ0) is 12.0. The van der Waals surface area contributed by atoms with Crippen LogP contribution < -0.4 is 10.1 Å². The van der Waals surface area contributed by atoms with Gasteiger partial charge in [0.05, 0.1) is 0 Å². The van der Waals surface area contributed by atoms with Crippen molar-refractivity contribution in [3.05, 3.63) is 29.8 Å². The molecule has 16 heavy (non-hydrogen) atoms. The maximum absolute atomic E-state index is 12.8. The maximum Gasteiger partial charge on any atom is 0.129 e. The van der Waals surface area contributed by atoms with E-state index in [1.165, 1.54) is 12.1 Å². The summed E-state index contributed by atoms with van der Waals surface area (Å²) in [6, 6.07) is 3.40. The van der Waals surface area contributed by atoms with Crippen molar-refractivity contribution in [2.75, 3.05) is 13.2 Å². The zero-order valence-corrected chi connectivity index (χ0v) is 9.59. The van der Waals surface area contributed by atoms with Gasteiger partial charge in [-0.3, -0.25) is 0 Å². The molecule has 0 fully saturated rings. The first-order chi connectivity index (χ1) is 7.65. The Morgan fingerprint density at radius 3 is 2.31 bits per heavy atom. The molecule has 0 aliphatic heterocycles. The molecule has 0 amide bonds. The highest BCUT2D eigenvalue weighted by Crippen LogP contribution is 2.15. The molecule has 0 saturated heterocycles.